The summed E-state index contributed by atoms with van der Waals surface area (Å²) >= 11 is 0. The van der Waals surface area contributed by atoms with Gasteiger partial charge in [0.25, 0.3) is 0 Å². The molecule has 2 N–H and O–H groups in total. The number of nitrogens with zero attached hydrogens (tertiary/aromatic N) is 4. The molecule has 3 heterocycles. The molecular formula is C16H28N6O2. The summed E-state index contributed by atoms with van der Waals surface area (Å²) in [4.78, 5) is 4.24. The lowest BCUT2D eigenvalue weighted by molar-refractivity contribution is 0.0168. The minimum Gasteiger partial charge on any atom is -0.379 e. The average molecular weight is 336 g/mol. The van der Waals surface area contributed by atoms with E-state index in [1.807, 2.05) is 0 Å². The van der Waals surface area contributed by atoms with Crippen LogP contribution in [-0.4, -0.2) is 60.2 Å². The number of fused-ring (bicyclic) bond motifs is 1. The Balaban J connectivity index is 1.27. The molecule has 134 valence electrons. The van der Waals surface area contributed by atoms with Gasteiger partial charge in [0.15, 0.2) is 11.8 Å². The molecule has 1 aromatic rings. The van der Waals surface area contributed by atoms with Crippen LogP contribution in [-0.2, 0) is 29.0 Å². The normalized spacial score (nSPS) is 20.4. The van der Waals surface area contributed by atoms with Gasteiger partial charge in [0.05, 0.1) is 19.3 Å². The second kappa shape index (κ2) is 8.98. The lowest BCUT2D eigenvalue weighted by atomic mass is 10.2. The Morgan fingerprint density at radius 3 is 3.17 bits per heavy atom. The zero-order valence-corrected chi connectivity index (χ0v) is 14.5. The maximum atomic E-state index is 5.66. The Morgan fingerprint density at radius 1 is 1.38 bits per heavy atom. The zero-order valence-electron chi connectivity index (χ0n) is 14.5. The fraction of sp³-hybridized carbons (Fsp3) is 0.812. The van der Waals surface area contributed by atoms with E-state index in [0.717, 1.165) is 76.0 Å². The molecule has 0 spiro atoms. The van der Waals surface area contributed by atoms with Crippen LogP contribution in [0.4, 0.5) is 0 Å². The molecule has 1 saturated heterocycles. The van der Waals surface area contributed by atoms with E-state index in [9.17, 15) is 0 Å². The number of ether oxygens (including phenoxy) is 2. The Hall–Kier alpha value is -1.67. The molecule has 0 radical (unpaired) electrons. The Labute approximate surface area is 143 Å². The van der Waals surface area contributed by atoms with E-state index in [-0.39, 0.29) is 0 Å². The third-order valence-corrected chi connectivity index (χ3v) is 4.41. The third kappa shape index (κ3) is 4.67. The molecule has 0 bridgehead atoms. The second-order valence-corrected chi connectivity index (χ2v) is 6.20. The first-order valence-electron chi connectivity index (χ1n) is 8.91. The van der Waals surface area contributed by atoms with Crippen molar-refractivity contribution >= 4 is 5.96 Å². The molecule has 3 rings (SSSR count). The number of aliphatic imine (C=N–C) groups is 1. The van der Waals surface area contributed by atoms with E-state index in [1.165, 1.54) is 0 Å². The minimum atomic E-state index is 0.303. The minimum absolute atomic E-state index is 0.303. The number of nitrogens with one attached hydrogen (secondary N) is 2. The SMILES string of the molecule is CN=C(NCCCOCC1CCCO1)NCc1nnc2n1CCC2. The van der Waals surface area contributed by atoms with Gasteiger partial charge in [0.1, 0.15) is 5.82 Å². The Morgan fingerprint density at radius 2 is 2.33 bits per heavy atom. The van der Waals surface area contributed by atoms with Gasteiger partial charge in [-0.2, -0.15) is 0 Å². The predicted octanol–water partition coefficient (Wildman–Crippen LogP) is 0.475. The quantitative estimate of drug-likeness (QED) is 0.408. The third-order valence-electron chi connectivity index (χ3n) is 4.41. The van der Waals surface area contributed by atoms with E-state index in [0.29, 0.717) is 19.3 Å². The van der Waals surface area contributed by atoms with Crippen LogP contribution in [0.1, 0.15) is 37.3 Å². The molecular weight excluding hydrogens is 308 g/mol. The largest absolute Gasteiger partial charge is 0.379 e. The lowest BCUT2D eigenvalue weighted by Gasteiger charge is -2.13. The van der Waals surface area contributed by atoms with Gasteiger partial charge >= 0.3 is 0 Å². The van der Waals surface area contributed by atoms with Crippen LogP contribution < -0.4 is 10.6 Å². The van der Waals surface area contributed by atoms with Crippen LogP contribution >= 0.6 is 0 Å². The van der Waals surface area contributed by atoms with E-state index >= 15 is 0 Å². The van der Waals surface area contributed by atoms with E-state index in [1.54, 1.807) is 7.05 Å². The van der Waals surface area contributed by atoms with Crippen molar-refractivity contribution in [1.29, 1.82) is 0 Å². The molecule has 2 aliphatic rings. The second-order valence-electron chi connectivity index (χ2n) is 6.20. The van der Waals surface area contributed by atoms with Crippen molar-refractivity contribution in [2.75, 3.05) is 33.4 Å². The van der Waals surface area contributed by atoms with Gasteiger partial charge in [0, 0.05) is 39.8 Å². The fourth-order valence-electron chi connectivity index (χ4n) is 3.10. The Bertz CT molecular complexity index is 539. The molecule has 2 aliphatic heterocycles. The van der Waals surface area contributed by atoms with Gasteiger partial charge in [0.2, 0.25) is 0 Å². The lowest BCUT2D eigenvalue weighted by Crippen LogP contribution is -2.38. The molecule has 0 amide bonds. The summed E-state index contributed by atoms with van der Waals surface area (Å²) in [6.07, 6.45) is 5.72. The fourth-order valence-corrected chi connectivity index (χ4v) is 3.10. The predicted molar refractivity (Wildman–Crippen MR) is 91.0 cm³/mol. The van der Waals surface area contributed by atoms with Crippen LogP contribution in [0, 0.1) is 0 Å². The number of aromatic nitrogens is 3. The van der Waals surface area contributed by atoms with Crippen molar-refractivity contribution in [3.8, 4) is 0 Å². The van der Waals surface area contributed by atoms with Crippen LogP contribution in [0.3, 0.4) is 0 Å². The van der Waals surface area contributed by atoms with Crippen LogP contribution in [0.25, 0.3) is 0 Å². The summed E-state index contributed by atoms with van der Waals surface area (Å²) in [6, 6.07) is 0. The molecule has 0 aliphatic carbocycles. The van der Waals surface area contributed by atoms with E-state index in [4.69, 9.17) is 9.47 Å². The number of aryl methyl sites for hydroxylation is 1. The summed E-state index contributed by atoms with van der Waals surface area (Å²) in [7, 11) is 1.78. The first-order chi connectivity index (χ1) is 11.9. The topological polar surface area (TPSA) is 85.6 Å². The molecule has 0 saturated carbocycles. The molecule has 1 aromatic heterocycles. The highest BCUT2D eigenvalue weighted by Gasteiger charge is 2.17. The zero-order chi connectivity index (χ0) is 16.6. The van der Waals surface area contributed by atoms with Crippen molar-refractivity contribution in [3.05, 3.63) is 11.6 Å². The molecule has 24 heavy (non-hydrogen) atoms. The van der Waals surface area contributed by atoms with Crippen LogP contribution in [0.2, 0.25) is 0 Å². The highest BCUT2D eigenvalue weighted by Crippen LogP contribution is 2.13. The van der Waals surface area contributed by atoms with Gasteiger partial charge < -0.3 is 24.7 Å². The van der Waals surface area contributed by atoms with Crippen molar-refractivity contribution in [3.63, 3.8) is 0 Å². The summed E-state index contributed by atoms with van der Waals surface area (Å²) < 4.78 is 13.4. The van der Waals surface area contributed by atoms with Gasteiger partial charge in [-0.25, -0.2) is 0 Å². The van der Waals surface area contributed by atoms with Crippen LogP contribution in [0.5, 0.6) is 0 Å². The van der Waals surface area contributed by atoms with E-state index < -0.39 is 0 Å². The van der Waals surface area contributed by atoms with Gasteiger partial charge in [-0.1, -0.05) is 0 Å². The van der Waals surface area contributed by atoms with Gasteiger partial charge in [-0.05, 0) is 25.7 Å². The standard InChI is InChI=1S/C16H28N6O2/c1-17-16(18-7-4-9-23-12-13-5-3-10-24-13)19-11-15-21-20-14-6-2-8-22(14)15/h13H,2-12H2,1H3,(H2,17,18,19). The Kier molecular flexibility index (Phi) is 6.42. The monoisotopic (exact) mass is 336 g/mol. The van der Waals surface area contributed by atoms with Gasteiger partial charge in [-0.15, -0.1) is 10.2 Å². The first kappa shape index (κ1) is 17.2. The van der Waals surface area contributed by atoms with Crippen LogP contribution in [0.15, 0.2) is 4.99 Å². The number of hydrogen-bond donors (Lipinski definition) is 2. The maximum absolute atomic E-state index is 5.66. The van der Waals surface area contributed by atoms with Gasteiger partial charge in [-0.3, -0.25) is 4.99 Å². The maximum Gasteiger partial charge on any atom is 0.191 e. The summed E-state index contributed by atoms with van der Waals surface area (Å²) in [5, 5.41) is 15.0. The first-order valence-corrected chi connectivity index (χ1v) is 8.91. The van der Waals surface area contributed by atoms with E-state index in [2.05, 4.69) is 30.4 Å². The van der Waals surface area contributed by atoms with Crippen molar-refractivity contribution < 1.29 is 9.47 Å². The molecule has 1 atom stereocenters. The summed E-state index contributed by atoms with van der Waals surface area (Å²) in [5.74, 6) is 2.85. The molecule has 1 unspecified atom stereocenters. The number of hydrogen-bond acceptors (Lipinski definition) is 5. The summed E-state index contributed by atoms with van der Waals surface area (Å²) in [5.41, 5.74) is 0. The summed E-state index contributed by atoms with van der Waals surface area (Å²) in [6.45, 7) is 4.82. The van der Waals surface area contributed by atoms with Crippen molar-refractivity contribution in [2.24, 2.45) is 4.99 Å². The van der Waals surface area contributed by atoms with Crippen molar-refractivity contribution in [1.82, 2.24) is 25.4 Å². The number of rotatable bonds is 8. The molecule has 8 heteroatoms. The highest BCUT2D eigenvalue weighted by atomic mass is 16.5. The number of guanidine groups is 1. The highest BCUT2D eigenvalue weighted by molar-refractivity contribution is 5.79. The average Bonchev–Trinajstić information content (AvgIpc) is 3.32. The molecule has 1 fully saturated rings. The molecule has 0 aromatic carbocycles. The smallest absolute Gasteiger partial charge is 0.191 e. The van der Waals surface area contributed by atoms with Crippen molar-refractivity contribution in [2.45, 2.75) is 51.3 Å². The molecule has 8 nitrogen and oxygen atoms in total.